The Morgan fingerprint density at radius 2 is 2.25 bits per heavy atom. The third-order valence-corrected chi connectivity index (χ3v) is 4.81. The lowest BCUT2D eigenvalue weighted by atomic mass is 10.1. The monoisotopic (exact) mass is 331 g/mol. The SMILES string of the molecule is Cn1ncc2c(=O)n(CC(=O)N(CC3CCOC3)C3CC3)cnc21. The van der Waals surface area contributed by atoms with Crippen molar-refractivity contribution in [1.82, 2.24) is 24.2 Å². The minimum absolute atomic E-state index is 0.0171. The van der Waals surface area contributed by atoms with Crippen molar-refractivity contribution in [2.24, 2.45) is 13.0 Å². The van der Waals surface area contributed by atoms with Gasteiger partial charge in [0.25, 0.3) is 5.56 Å². The zero-order valence-corrected chi connectivity index (χ0v) is 13.7. The van der Waals surface area contributed by atoms with Crippen molar-refractivity contribution in [2.45, 2.75) is 31.8 Å². The van der Waals surface area contributed by atoms with E-state index >= 15 is 0 Å². The molecular formula is C16H21N5O3. The summed E-state index contributed by atoms with van der Waals surface area (Å²) in [6.45, 7) is 2.25. The maximum Gasteiger partial charge on any atom is 0.264 e. The molecule has 128 valence electrons. The normalized spacial score (nSPS) is 20.6. The van der Waals surface area contributed by atoms with E-state index in [0.29, 0.717) is 23.0 Å². The van der Waals surface area contributed by atoms with Gasteiger partial charge in [0.05, 0.1) is 12.8 Å². The fourth-order valence-electron chi connectivity index (χ4n) is 3.26. The van der Waals surface area contributed by atoms with Gasteiger partial charge in [0.15, 0.2) is 5.65 Å². The molecule has 1 amide bonds. The third-order valence-electron chi connectivity index (χ3n) is 4.81. The molecule has 1 saturated heterocycles. The van der Waals surface area contributed by atoms with Crippen LogP contribution in [0.25, 0.3) is 11.0 Å². The number of amides is 1. The van der Waals surface area contributed by atoms with Gasteiger partial charge < -0.3 is 9.64 Å². The minimum Gasteiger partial charge on any atom is -0.381 e. The molecule has 24 heavy (non-hydrogen) atoms. The van der Waals surface area contributed by atoms with Gasteiger partial charge in [-0.05, 0) is 19.3 Å². The predicted octanol–water partition coefficient (Wildman–Crippen LogP) is 0.158. The number of nitrogens with zero attached hydrogens (tertiary/aromatic N) is 5. The van der Waals surface area contributed by atoms with Crippen LogP contribution in [-0.4, -0.2) is 55.9 Å². The first-order chi connectivity index (χ1) is 11.6. The molecular weight excluding hydrogens is 310 g/mol. The number of ether oxygens (including phenoxy) is 1. The molecule has 1 aliphatic heterocycles. The van der Waals surface area contributed by atoms with Gasteiger partial charge in [-0.3, -0.25) is 18.8 Å². The molecule has 8 heteroatoms. The van der Waals surface area contributed by atoms with Gasteiger partial charge in [-0.1, -0.05) is 0 Å². The van der Waals surface area contributed by atoms with Crippen molar-refractivity contribution in [3.8, 4) is 0 Å². The Kier molecular flexibility index (Phi) is 3.84. The molecule has 2 fully saturated rings. The fourth-order valence-corrected chi connectivity index (χ4v) is 3.26. The predicted molar refractivity (Wildman–Crippen MR) is 86.4 cm³/mol. The summed E-state index contributed by atoms with van der Waals surface area (Å²) in [5.74, 6) is 0.391. The first kappa shape index (κ1) is 15.3. The first-order valence-electron chi connectivity index (χ1n) is 8.38. The number of hydrogen-bond acceptors (Lipinski definition) is 5. The second kappa shape index (κ2) is 6.01. The van der Waals surface area contributed by atoms with Gasteiger partial charge in [0.2, 0.25) is 5.91 Å². The standard InChI is InChI=1S/C16H21N5O3/c1-19-15-13(6-18-19)16(23)20(10-17-15)8-14(22)21(12-2-3-12)7-11-4-5-24-9-11/h6,10-12H,2-5,7-9H2,1H3. The molecule has 1 atom stereocenters. The molecule has 3 heterocycles. The number of rotatable bonds is 5. The van der Waals surface area contributed by atoms with Crippen LogP contribution in [0.15, 0.2) is 17.3 Å². The second-order valence-corrected chi connectivity index (χ2v) is 6.69. The number of carbonyl (C=O) groups is 1. The molecule has 2 aromatic heterocycles. The molecule has 2 aliphatic rings. The van der Waals surface area contributed by atoms with Crippen molar-refractivity contribution >= 4 is 16.9 Å². The van der Waals surface area contributed by atoms with Crippen molar-refractivity contribution in [3.63, 3.8) is 0 Å². The van der Waals surface area contributed by atoms with Crippen molar-refractivity contribution < 1.29 is 9.53 Å². The van der Waals surface area contributed by atoms with Crippen LogP contribution in [0, 0.1) is 5.92 Å². The molecule has 0 bridgehead atoms. The van der Waals surface area contributed by atoms with Gasteiger partial charge in [0.1, 0.15) is 18.3 Å². The van der Waals surface area contributed by atoms with Gasteiger partial charge in [-0.25, -0.2) is 4.98 Å². The Balaban J connectivity index is 1.53. The number of fused-ring (bicyclic) bond motifs is 1. The molecule has 1 unspecified atom stereocenters. The van der Waals surface area contributed by atoms with Crippen LogP contribution in [0.5, 0.6) is 0 Å². The summed E-state index contributed by atoms with van der Waals surface area (Å²) >= 11 is 0. The summed E-state index contributed by atoms with van der Waals surface area (Å²) in [6.07, 6.45) is 6.04. The molecule has 0 aromatic carbocycles. The average Bonchev–Trinajstić information content (AvgIpc) is 3.14. The summed E-state index contributed by atoms with van der Waals surface area (Å²) in [5.41, 5.74) is 0.312. The summed E-state index contributed by atoms with van der Waals surface area (Å²) in [4.78, 5) is 31.4. The highest BCUT2D eigenvalue weighted by Crippen LogP contribution is 2.29. The minimum atomic E-state index is -0.221. The lowest BCUT2D eigenvalue weighted by molar-refractivity contribution is -0.133. The van der Waals surface area contributed by atoms with Crippen LogP contribution >= 0.6 is 0 Å². The molecule has 0 radical (unpaired) electrons. The molecule has 0 N–H and O–H groups in total. The first-order valence-corrected chi connectivity index (χ1v) is 8.38. The lowest BCUT2D eigenvalue weighted by Gasteiger charge is -2.25. The average molecular weight is 331 g/mol. The van der Waals surface area contributed by atoms with Crippen LogP contribution in [0.4, 0.5) is 0 Å². The number of hydrogen-bond donors (Lipinski definition) is 0. The highest BCUT2D eigenvalue weighted by Gasteiger charge is 2.34. The molecule has 4 rings (SSSR count). The van der Waals surface area contributed by atoms with Crippen LogP contribution in [0.3, 0.4) is 0 Å². The zero-order chi connectivity index (χ0) is 16.7. The quantitative estimate of drug-likeness (QED) is 0.779. The number of aryl methyl sites for hydroxylation is 1. The number of aromatic nitrogens is 4. The summed E-state index contributed by atoms with van der Waals surface area (Å²) < 4.78 is 8.35. The highest BCUT2D eigenvalue weighted by molar-refractivity contribution is 5.78. The van der Waals surface area contributed by atoms with Crippen molar-refractivity contribution in [1.29, 1.82) is 0 Å². The smallest absolute Gasteiger partial charge is 0.264 e. The molecule has 8 nitrogen and oxygen atoms in total. The largest absolute Gasteiger partial charge is 0.381 e. The molecule has 0 spiro atoms. The van der Waals surface area contributed by atoms with Crippen LogP contribution in [0.2, 0.25) is 0 Å². The number of carbonyl (C=O) groups excluding carboxylic acids is 1. The van der Waals surface area contributed by atoms with Crippen LogP contribution in [0.1, 0.15) is 19.3 Å². The van der Waals surface area contributed by atoms with Crippen LogP contribution in [-0.2, 0) is 23.1 Å². The van der Waals surface area contributed by atoms with Gasteiger partial charge >= 0.3 is 0 Å². The van der Waals surface area contributed by atoms with Gasteiger partial charge in [-0.15, -0.1) is 0 Å². The van der Waals surface area contributed by atoms with Gasteiger partial charge in [0, 0.05) is 32.2 Å². The molecule has 1 saturated carbocycles. The van der Waals surface area contributed by atoms with Crippen LogP contribution < -0.4 is 5.56 Å². The Hall–Kier alpha value is -2.22. The van der Waals surface area contributed by atoms with E-state index in [4.69, 9.17) is 4.74 Å². The van der Waals surface area contributed by atoms with E-state index < -0.39 is 0 Å². The van der Waals surface area contributed by atoms with E-state index in [9.17, 15) is 9.59 Å². The van der Waals surface area contributed by atoms with E-state index in [2.05, 4.69) is 10.1 Å². The van der Waals surface area contributed by atoms with E-state index in [1.165, 1.54) is 17.1 Å². The highest BCUT2D eigenvalue weighted by atomic mass is 16.5. The summed E-state index contributed by atoms with van der Waals surface area (Å²) in [7, 11) is 1.74. The molecule has 1 aliphatic carbocycles. The van der Waals surface area contributed by atoms with Crippen molar-refractivity contribution in [2.75, 3.05) is 19.8 Å². The van der Waals surface area contributed by atoms with E-state index in [-0.39, 0.29) is 18.0 Å². The third kappa shape index (κ3) is 2.82. The Labute approximate surface area is 139 Å². The maximum atomic E-state index is 12.8. The summed E-state index contributed by atoms with van der Waals surface area (Å²) in [5, 5.41) is 4.49. The van der Waals surface area contributed by atoms with Crippen molar-refractivity contribution in [3.05, 3.63) is 22.9 Å². The Morgan fingerprint density at radius 1 is 1.42 bits per heavy atom. The zero-order valence-electron chi connectivity index (χ0n) is 13.7. The Morgan fingerprint density at radius 3 is 2.96 bits per heavy atom. The topological polar surface area (TPSA) is 82.2 Å². The maximum absolute atomic E-state index is 12.8. The Bertz CT molecular complexity index is 817. The lowest BCUT2D eigenvalue weighted by Crippen LogP contribution is -2.41. The van der Waals surface area contributed by atoms with Gasteiger partial charge in [-0.2, -0.15) is 5.10 Å². The molecule has 2 aromatic rings. The van der Waals surface area contributed by atoms with E-state index in [1.807, 2.05) is 4.90 Å². The second-order valence-electron chi connectivity index (χ2n) is 6.69. The van der Waals surface area contributed by atoms with E-state index in [1.54, 1.807) is 11.7 Å². The fraction of sp³-hybridized carbons (Fsp3) is 0.625. The summed E-state index contributed by atoms with van der Waals surface area (Å²) in [6, 6.07) is 0.323. The van der Waals surface area contributed by atoms with E-state index in [0.717, 1.165) is 39.0 Å².